The zero-order valence-corrected chi connectivity index (χ0v) is 13.9. The number of carbonyl (C=O) groups is 1. The molecule has 0 aromatic heterocycles. The number of morpholine rings is 1. The van der Waals surface area contributed by atoms with Gasteiger partial charge in [-0.05, 0) is 43.9 Å². The summed E-state index contributed by atoms with van der Waals surface area (Å²) in [4.78, 5) is 14.7. The van der Waals surface area contributed by atoms with Gasteiger partial charge < -0.3 is 9.64 Å². The lowest BCUT2D eigenvalue weighted by atomic mass is 9.79. The van der Waals surface area contributed by atoms with E-state index in [-0.39, 0.29) is 5.92 Å². The van der Waals surface area contributed by atoms with Crippen molar-refractivity contribution >= 4 is 5.91 Å². The standard InChI is InChI=1S/C18H31NO2/c1-4-17(18(20)19-9-11-21-12-10-19)16-7-5-15(6-8-16)13-14(2)3/h7,14-15,17H,4-6,8-13H2,1-3H3/t15-,17+/m0/s1. The van der Waals surface area contributed by atoms with Crippen molar-refractivity contribution in [1.82, 2.24) is 4.90 Å². The van der Waals surface area contributed by atoms with Crippen LogP contribution in [0.4, 0.5) is 0 Å². The van der Waals surface area contributed by atoms with Gasteiger partial charge in [0.05, 0.1) is 19.1 Å². The van der Waals surface area contributed by atoms with E-state index >= 15 is 0 Å². The third-order valence-corrected chi connectivity index (χ3v) is 4.84. The Balaban J connectivity index is 1.94. The predicted molar refractivity (Wildman–Crippen MR) is 86.1 cm³/mol. The van der Waals surface area contributed by atoms with Crippen LogP contribution in [0.25, 0.3) is 0 Å². The number of nitrogens with zero attached hydrogens (tertiary/aromatic N) is 1. The van der Waals surface area contributed by atoms with Crippen molar-refractivity contribution in [3.63, 3.8) is 0 Å². The van der Waals surface area contributed by atoms with Gasteiger partial charge >= 0.3 is 0 Å². The van der Waals surface area contributed by atoms with Crippen LogP contribution < -0.4 is 0 Å². The monoisotopic (exact) mass is 293 g/mol. The second-order valence-electron chi connectivity index (χ2n) is 6.95. The van der Waals surface area contributed by atoms with Crippen LogP contribution in [0.15, 0.2) is 11.6 Å². The first kappa shape index (κ1) is 16.5. The molecular formula is C18H31NO2. The summed E-state index contributed by atoms with van der Waals surface area (Å²) in [6.07, 6.45) is 8.17. The van der Waals surface area contributed by atoms with Crippen LogP contribution in [0.2, 0.25) is 0 Å². The molecule has 1 aliphatic heterocycles. The van der Waals surface area contributed by atoms with Crippen LogP contribution >= 0.6 is 0 Å². The topological polar surface area (TPSA) is 29.5 Å². The van der Waals surface area contributed by atoms with Gasteiger partial charge in [-0.2, -0.15) is 0 Å². The summed E-state index contributed by atoms with van der Waals surface area (Å²) in [5, 5.41) is 0. The van der Waals surface area contributed by atoms with Crippen molar-refractivity contribution in [2.45, 2.75) is 52.9 Å². The molecule has 0 bridgehead atoms. The van der Waals surface area contributed by atoms with Gasteiger partial charge in [0.2, 0.25) is 5.91 Å². The number of hydrogen-bond acceptors (Lipinski definition) is 2. The predicted octanol–water partition coefficient (Wildman–Crippen LogP) is 3.64. The van der Waals surface area contributed by atoms with Crippen LogP contribution in [-0.2, 0) is 9.53 Å². The van der Waals surface area contributed by atoms with Gasteiger partial charge in [-0.25, -0.2) is 0 Å². The summed E-state index contributed by atoms with van der Waals surface area (Å²) >= 11 is 0. The van der Waals surface area contributed by atoms with Crippen LogP contribution in [-0.4, -0.2) is 37.1 Å². The molecule has 0 spiro atoms. The molecular weight excluding hydrogens is 262 g/mol. The molecule has 1 saturated heterocycles. The third kappa shape index (κ3) is 4.57. The fraction of sp³-hybridized carbons (Fsp3) is 0.833. The summed E-state index contributed by atoms with van der Waals surface area (Å²) in [7, 11) is 0. The SMILES string of the molecule is CC[C@@H](C(=O)N1CCOCC1)C1=CC[C@H](CC(C)C)CC1. The maximum absolute atomic E-state index is 12.7. The minimum absolute atomic E-state index is 0.114. The van der Waals surface area contributed by atoms with Gasteiger partial charge in [-0.3, -0.25) is 4.79 Å². The molecule has 2 atom stereocenters. The molecule has 0 aromatic carbocycles. The van der Waals surface area contributed by atoms with Gasteiger partial charge in [0.1, 0.15) is 0 Å². The zero-order chi connectivity index (χ0) is 15.2. The van der Waals surface area contributed by atoms with E-state index in [0.29, 0.717) is 19.1 Å². The first-order chi connectivity index (χ1) is 10.1. The molecule has 120 valence electrons. The van der Waals surface area contributed by atoms with Crippen molar-refractivity contribution in [3.05, 3.63) is 11.6 Å². The van der Waals surface area contributed by atoms with Crippen molar-refractivity contribution in [2.24, 2.45) is 17.8 Å². The van der Waals surface area contributed by atoms with E-state index < -0.39 is 0 Å². The summed E-state index contributed by atoms with van der Waals surface area (Å²) in [5.74, 6) is 2.05. The summed E-state index contributed by atoms with van der Waals surface area (Å²) in [6, 6.07) is 0. The first-order valence-electron chi connectivity index (χ1n) is 8.67. The number of carbonyl (C=O) groups excluding carboxylic acids is 1. The summed E-state index contributed by atoms with van der Waals surface area (Å²) in [5.41, 5.74) is 1.40. The van der Waals surface area contributed by atoms with Crippen LogP contribution in [0, 0.1) is 17.8 Å². The maximum Gasteiger partial charge on any atom is 0.229 e. The van der Waals surface area contributed by atoms with Gasteiger partial charge in [0, 0.05) is 13.1 Å². The van der Waals surface area contributed by atoms with Gasteiger partial charge in [0.15, 0.2) is 0 Å². The molecule has 0 unspecified atom stereocenters. The smallest absolute Gasteiger partial charge is 0.229 e. The Morgan fingerprint density at radius 3 is 2.62 bits per heavy atom. The van der Waals surface area contributed by atoms with Crippen molar-refractivity contribution in [3.8, 4) is 0 Å². The van der Waals surface area contributed by atoms with Gasteiger partial charge in [0.25, 0.3) is 0 Å². The van der Waals surface area contributed by atoms with Crippen LogP contribution in [0.1, 0.15) is 52.9 Å². The average Bonchev–Trinajstić information content (AvgIpc) is 2.50. The lowest BCUT2D eigenvalue weighted by Gasteiger charge is -2.33. The minimum atomic E-state index is 0.114. The highest BCUT2D eigenvalue weighted by Gasteiger charge is 2.29. The number of rotatable bonds is 5. The normalized spacial score (nSPS) is 24.9. The molecule has 3 nitrogen and oxygen atoms in total. The molecule has 0 saturated carbocycles. The van der Waals surface area contributed by atoms with E-state index in [4.69, 9.17) is 4.74 Å². The van der Waals surface area contributed by atoms with Crippen LogP contribution in [0.3, 0.4) is 0 Å². The Morgan fingerprint density at radius 2 is 2.10 bits per heavy atom. The zero-order valence-electron chi connectivity index (χ0n) is 13.9. The molecule has 0 radical (unpaired) electrons. The van der Waals surface area contributed by atoms with Crippen molar-refractivity contribution in [2.75, 3.05) is 26.3 Å². The molecule has 3 heteroatoms. The average molecular weight is 293 g/mol. The fourth-order valence-electron chi connectivity index (χ4n) is 3.71. The number of allylic oxidation sites excluding steroid dienone is 1. The lowest BCUT2D eigenvalue weighted by Crippen LogP contribution is -2.44. The number of amides is 1. The molecule has 21 heavy (non-hydrogen) atoms. The van der Waals surface area contributed by atoms with E-state index in [1.165, 1.54) is 24.8 Å². The van der Waals surface area contributed by atoms with Crippen molar-refractivity contribution < 1.29 is 9.53 Å². The number of ether oxygens (including phenoxy) is 1. The number of hydrogen-bond donors (Lipinski definition) is 0. The third-order valence-electron chi connectivity index (χ3n) is 4.84. The molecule has 1 aliphatic carbocycles. The lowest BCUT2D eigenvalue weighted by molar-refractivity contribution is -0.138. The Morgan fingerprint density at radius 1 is 1.38 bits per heavy atom. The van der Waals surface area contributed by atoms with E-state index in [1.807, 2.05) is 4.90 Å². The minimum Gasteiger partial charge on any atom is -0.378 e. The molecule has 0 aromatic rings. The summed E-state index contributed by atoms with van der Waals surface area (Å²) < 4.78 is 5.35. The van der Waals surface area contributed by atoms with E-state index in [0.717, 1.165) is 37.8 Å². The Hall–Kier alpha value is -0.830. The highest BCUT2D eigenvalue weighted by atomic mass is 16.5. The van der Waals surface area contributed by atoms with E-state index in [9.17, 15) is 4.79 Å². The molecule has 2 rings (SSSR count). The second kappa shape index (κ2) is 7.98. The van der Waals surface area contributed by atoms with Crippen LogP contribution in [0.5, 0.6) is 0 Å². The Kier molecular flexibility index (Phi) is 6.28. The van der Waals surface area contributed by atoms with E-state index in [1.54, 1.807) is 0 Å². The largest absolute Gasteiger partial charge is 0.378 e. The van der Waals surface area contributed by atoms with Gasteiger partial charge in [-0.1, -0.05) is 32.4 Å². The van der Waals surface area contributed by atoms with E-state index in [2.05, 4.69) is 26.8 Å². The fourth-order valence-corrected chi connectivity index (χ4v) is 3.71. The van der Waals surface area contributed by atoms with Crippen molar-refractivity contribution in [1.29, 1.82) is 0 Å². The highest BCUT2D eigenvalue weighted by Crippen LogP contribution is 2.33. The second-order valence-corrected chi connectivity index (χ2v) is 6.95. The first-order valence-corrected chi connectivity index (χ1v) is 8.67. The Labute approximate surface area is 129 Å². The maximum atomic E-state index is 12.7. The van der Waals surface area contributed by atoms with Gasteiger partial charge in [-0.15, -0.1) is 0 Å². The Bertz CT molecular complexity index is 369. The molecule has 1 fully saturated rings. The quantitative estimate of drug-likeness (QED) is 0.724. The summed E-state index contributed by atoms with van der Waals surface area (Å²) in [6.45, 7) is 9.66. The highest BCUT2D eigenvalue weighted by molar-refractivity contribution is 5.81. The molecule has 0 N–H and O–H groups in total. The molecule has 1 heterocycles. The molecule has 2 aliphatic rings. The molecule has 1 amide bonds.